The van der Waals surface area contributed by atoms with Gasteiger partial charge in [0.1, 0.15) is 6.04 Å². The van der Waals surface area contributed by atoms with Crippen LogP contribution in [0.5, 0.6) is 0 Å². The van der Waals surface area contributed by atoms with Gasteiger partial charge in [0.25, 0.3) is 11.8 Å². The number of pyridine rings is 1. The Morgan fingerprint density at radius 2 is 1.63 bits per heavy atom. The number of anilines is 1. The first-order valence-corrected chi connectivity index (χ1v) is 9.49. The van der Waals surface area contributed by atoms with Gasteiger partial charge in [-0.05, 0) is 35.0 Å². The molecule has 1 fully saturated rings. The molecule has 154 valence electrons. The fourth-order valence-corrected chi connectivity index (χ4v) is 3.79. The molecular formula is C20H19N5O5. The van der Waals surface area contributed by atoms with Gasteiger partial charge in [-0.15, -0.1) is 0 Å². The molecule has 30 heavy (non-hydrogen) atoms. The SMILES string of the molecule is CC(C(=O)N1CCN(c2ccc([N+](=O)[O-])nc2)CC1)N1C(=O)c2ccccc2C1=O. The lowest BCUT2D eigenvalue weighted by molar-refractivity contribution is -0.389. The predicted molar refractivity (Wildman–Crippen MR) is 106 cm³/mol. The molecule has 0 spiro atoms. The van der Waals surface area contributed by atoms with Crippen LogP contribution < -0.4 is 4.90 Å². The highest BCUT2D eigenvalue weighted by atomic mass is 16.6. The van der Waals surface area contributed by atoms with Crippen molar-refractivity contribution in [3.8, 4) is 0 Å². The Morgan fingerprint density at radius 1 is 1.03 bits per heavy atom. The Hall–Kier alpha value is -3.82. The summed E-state index contributed by atoms with van der Waals surface area (Å²) in [4.78, 5) is 56.8. The van der Waals surface area contributed by atoms with Crippen LogP contribution in [0.4, 0.5) is 11.5 Å². The van der Waals surface area contributed by atoms with Crippen LogP contribution >= 0.6 is 0 Å². The summed E-state index contributed by atoms with van der Waals surface area (Å²) < 4.78 is 0. The number of rotatable bonds is 4. The zero-order valence-electron chi connectivity index (χ0n) is 16.2. The summed E-state index contributed by atoms with van der Waals surface area (Å²) in [6, 6.07) is 8.62. The lowest BCUT2D eigenvalue weighted by Gasteiger charge is -2.37. The van der Waals surface area contributed by atoms with Gasteiger partial charge in [0.2, 0.25) is 5.91 Å². The Morgan fingerprint density at radius 3 is 2.13 bits per heavy atom. The molecule has 0 N–H and O–H groups in total. The summed E-state index contributed by atoms with van der Waals surface area (Å²) in [5.74, 6) is -1.41. The van der Waals surface area contributed by atoms with Crippen LogP contribution in [0.1, 0.15) is 27.6 Å². The summed E-state index contributed by atoms with van der Waals surface area (Å²) >= 11 is 0. The van der Waals surface area contributed by atoms with Crippen molar-refractivity contribution in [1.82, 2.24) is 14.8 Å². The average Bonchev–Trinajstić information content (AvgIpc) is 3.03. The van der Waals surface area contributed by atoms with Crippen molar-refractivity contribution >= 4 is 29.2 Å². The second-order valence-electron chi connectivity index (χ2n) is 7.15. The highest BCUT2D eigenvalue weighted by Gasteiger charge is 2.42. The number of hydrogen-bond acceptors (Lipinski definition) is 7. The second kappa shape index (κ2) is 7.54. The molecule has 4 rings (SSSR count). The van der Waals surface area contributed by atoms with Gasteiger partial charge in [-0.1, -0.05) is 12.1 Å². The van der Waals surface area contributed by atoms with Gasteiger partial charge < -0.3 is 19.9 Å². The van der Waals surface area contributed by atoms with Crippen LogP contribution in [0.25, 0.3) is 0 Å². The van der Waals surface area contributed by atoms with E-state index in [9.17, 15) is 24.5 Å². The molecule has 1 aromatic carbocycles. The molecule has 0 saturated carbocycles. The quantitative estimate of drug-likeness (QED) is 0.425. The maximum absolute atomic E-state index is 13.0. The van der Waals surface area contributed by atoms with Crippen molar-refractivity contribution in [2.45, 2.75) is 13.0 Å². The van der Waals surface area contributed by atoms with Crippen LogP contribution in [0.15, 0.2) is 42.6 Å². The van der Waals surface area contributed by atoms with Gasteiger partial charge in [0.05, 0.1) is 16.8 Å². The number of piperazine rings is 1. The summed E-state index contributed by atoms with van der Waals surface area (Å²) in [6.07, 6.45) is 1.44. The number of benzene rings is 1. The highest BCUT2D eigenvalue weighted by Crippen LogP contribution is 2.25. The Kier molecular flexibility index (Phi) is 4.90. The number of carbonyl (C=O) groups excluding carboxylic acids is 3. The number of hydrogen-bond donors (Lipinski definition) is 0. The van der Waals surface area contributed by atoms with Crippen LogP contribution in [0.2, 0.25) is 0 Å². The van der Waals surface area contributed by atoms with Gasteiger partial charge in [0.15, 0.2) is 6.20 Å². The third kappa shape index (κ3) is 3.25. The van der Waals surface area contributed by atoms with Crippen molar-refractivity contribution < 1.29 is 19.3 Å². The van der Waals surface area contributed by atoms with Gasteiger partial charge in [-0.3, -0.25) is 19.3 Å². The number of carbonyl (C=O) groups is 3. The van der Waals surface area contributed by atoms with E-state index >= 15 is 0 Å². The van der Waals surface area contributed by atoms with Crippen molar-refractivity contribution in [1.29, 1.82) is 0 Å². The van der Waals surface area contributed by atoms with Crippen molar-refractivity contribution in [3.63, 3.8) is 0 Å². The fraction of sp³-hybridized carbons (Fsp3) is 0.300. The van der Waals surface area contributed by atoms with E-state index in [4.69, 9.17) is 0 Å². The lowest BCUT2D eigenvalue weighted by Crippen LogP contribution is -2.55. The molecule has 10 nitrogen and oxygen atoms in total. The maximum Gasteiger partial charge on any atom is 0.363 e. The van der Waals surface area contributed by atoms with E-state index in [-0.39, 0.29) is 11.7 Å². The molecule has 1 saturated heterocycles. The van der Waals surface area contributed by atoms with Crippen molar-refractivity contribution in [3.05, 3.63) is 63.8 Å². The fourth-order valence-electron chi connectivity index (χ4n) is 3.79. The van der Waals surface area contributed by atoms with E-state index in [0.29, 0.717) is 37.3 Å². The number of amides is 3. The Bertz CT molecular complexity index is 995. The Balaban J connectivity index is 1.40. The molecule has 3 amide bonds. The molecule has 2 aromatic rings. The first kappa shape index (κ1) is 19.5. The third-order valence-electron chi connectivity index (χ3n) is 5.45. The van der Waals surface area contributed by atoms with E-state index in [1.165, 1.54) is 12.3 Å². The molecule has 1 atom stereocenters. The van der Waals surface area contributed by atoms with Crippen LogP contribution in [0.3, 0.4) is 0 Å². The molecule has 0 bridgehead atoms. The number of fused-ring (bicyclic) bond motifs is 1. The zero-order valence-corrected chi connectivity index (χ0v) is 16.2. The molecule has 2 aliphatic rings. The Labute approximate surface area is 171 Å². The van der Waals surface area contributed by atoms with Gasteiger partial charge in [-0.25, -0.2) is 0 Å². The van der Waals surface area contributed by atoms with Crippen molar-refractivity contribution in [2.24, 2.45) is 0 Å². The molecule has 0 aliphatic carbocycles. The normalized spacial score (nSPS) is 17.2. The number of nitrogens with zero attached hydrogens (tertiary/aromatic N) is 5. The summed E-state index contributed by atoms with van der Waals surface area (Å²) in [7, 11) is 0. The lowest BCUT2D eigenvalue weighted by atomic mass is 10.1. The van der Waals surface area contributed by atoms with E-state index in [1.807, 2.05) is 4.90 Å². The third-order valence-corrected chi connectivity index (χ3v) is 5.45. The highest BCUT2D eigenvalue weighted by molar-refractivity contribution is 6.22. The molecule has 2 aliphatic heterocycles. The predicted octanol–water partition coefficient (Wildman–Crippen LogP) is 1.32. The maximum atomic E-state index is 13.0. The minimum absolute atomic E-state index is 0.220. The number of aromatic nitrogens is 1. The summed E-state index contributed by atoms with van der Waals surface area (Å²) in [5.41, 5.74) is 1.37. The van der Waals surface area contributed by atoms with E-state index < -0.39 is 22.8 Å². The molecule has 1 unspecified atom stereocenters. The molecular weight excluding hydrogens is 390 g/mol. The zero-order chi connectivity index (χ0) is 21.4. The van der Waals surface area contributed by atoms with Gasteiger partial charge in [-0.2, -0.15) is 0 Å². The first-order chi connectivity index (χ1) is 14.4. The molecule has 10 heteroatoms. The molecule has 3 heterocycles. The van der Waals surface area contributed by atoms with Gasteiger partial charge in [0, 0.05) is 32.2 Å². The average molecular weight is 409 g/mol. The minimum Gasteiger partial charge on any atom is -0.365 e. The molecule has 1 aromatic heterocycles. The van der Waals surface area contributed by atoms with Crippen LogP contribution in [-0.2, 0) is 4.79 Å². The van der Waals surface area contributed by atoms with E-state index in [1.54, 1.807) is 42.2 Å². The molecule has 0 radical (unpaired) electrons. The van der Waals surface area contributed by atoms with Crippen LogP contribution in [-0.4, -0.2) is 69.6 Å². The standard InChI is InChI=1S/C20H19N5O5/c1-13(24-19(27)15-4-2-3-5-16(15)20(24)28)18(26)23-10-8-22(9-11-23)14-6-7-17(21-12-14)25(29)30/h2-7,12-13H,8-11H2,1H3. The van der Waals surface area contributed by atoms with Crippen LogP contribution in [0, 0.1) is 10.1 Å². The largest absolute Gasteiger partial charge is 0.365 e. The summed E-state index contributed by atoms with van der Waals surface area (Å²) in [6.45, 7) is 3.41. The minimum atomic E-state index is -0.898. The van der Waals surface area contributed by atoms with E-state index in [2.05, 4.69) is 4.98 Å². The second-order valence-corrected chi connectivity index (χ2v) is 7.15. The topological polar surface area (TPSA) is 117 Å². The number of nitro groups is 1. The van der Waals surface area contributed by atoms with E-state index in [0.717, 1.165) is 10.6 Å². The summed E-state index contributed by atoms with van der Waals surface area (Å²) in [5, 5.41) is 10.7. The van der Waals surface area contributed by atoms with Gasteiger partial charge >= 0.3 is 5.82 Å². The van der Waals surface area contributed by atoms with Crippen molar-refractivity contribution in [2.75, 3.05) is 31.1 Å². The first-order valence-electron chi connectivity index (χ1n) is 9.49. The smallest absolute Gasteiger partial charge is 0.363 e. The number of imide groups is 1. The monoisotopic (exact) mass is 409 g/mol.